The van der Waals surface area contributed by atoms with E-state index in [2.05, 4.69) is 4.98 Å². The molecule has 5 rings (SSSR count). The number of oxazole rings is 1. The number of nitrogens with zero attached hydrogens (tertiary/aromatic N) is 3. The van der Waals surface area contributed by atoms with E-state index in [0.717, 1.165) is 11.1 Å². The van der Waals surface area contributed by atoms with E-state index < -0.39 is 17.7 Å². The maximum absolute atomic E-state index is 11.5. The molecule has 1 fully saturated rings. The smallest absolute Gasteiger partial charge is 0.547 e. The van der Waals surface area contributed by atoms with E-state index in [1.807, 2.05) is 29.2 Å². The van der Waals surface area contributed by atoms with E-state index in [1.54, 1.807) is 40.6 Å². The summed E-state index contributed by atoms with van der Waals surface area (Å²) in [6.07, 6.45) is 1.69. The van der Waals surface area contributed by atoms with Gasteiger partial charge in [-0.25, -0.2) is 0 Å². The maximum atomic E-state index is 11.5. The summed E-state index contributed by atoms with van der Waals surface area (Å²) in [7, 11) is 6.34. The molecule has 1 N–H and O–H groups in total. The van der Waals surface area contributed by atoms with Crippen LogP contribution in [0.1, 0.15) is 29.5 Å². The summed E-state index contributed by atoms with van der Waals surface area (Å²) in [5.41, 5.74) is 1.15. The maximum Gasteiger partial charge on any atom is 1.00 e. The van der Waals surface area contributed by atoms with Gasteiger partial charge in [0.25, 0.3) is 6.01 Å². The van der Waals surface area contributed by atoms with Crippen LogP contribution in [0.25, 0.3) is 11.1 Å². The van der Waals surface area contributed by atoms with E-state index in [0.29, 0.717) is 52.8 Å². The van der Waals surface area contributed by atoms with Crippen molar-refractivity contribution >= 4 is 23.1 Å². The monoisotopic (exact) mass is 585 g/mol. The fourth-order valence-electron chi connectivity index (χ4n) is 5.11. The molecule has 222 valence electrons. The molecule has 0 saturated carbocycles. The minimum absolute atomic E-state index is 0. The number of aliphatic hydroxyl groups is 1. The second kappa shape index (κ2) is 13.6. The Morgan fingerprint density at radius 2 is 1.60 bits per heavy atom. The largest absolute Gasteiger partial charge is 1.00 e. The number of anilines is 1. The number of fused-ring (bicyclic) bond motifs is 1. The molecule has 4 aromatic rings. The molecule has 2 aromatic heterocycles. The predicted octanol–water partition coefficient (Wildman–Crippen LogP) is -0.415. The Bertz CT molecular complexity index is 1520. The zero-order valence-corrected chi connectivity index (χ0v) is 24.8. The second-order valence-corrected chi connectivity index (χ2v) is 9.91. The summed E-state index contributed by atoms with van der Waals surface area (Å²) < 4.78 is 33.6. The van der Waals surface area contributed by atoms with Gasteiger partial charge in [0.05, 0.1) is 72.0 Å². The number of aliphatic carboxylic acids is 1. The molecule has 12 nitrogen and oxygen atoms in total. The van der Waals surface area contributed by atoms with Crippen molar-refractivity contribution in [2.75, 3.05) is 39.9 Å². The Morgan fingerprint density at radius 1 is 1.00 bits per heavy atom. The molecule has 43 heavy (non-hydrogen) atoms. The first-order valence-electron chi connectivity index (χ1n) is 13.2. The summed E-state index contributed by atoms with van der Waals surface area (Å²) in [4.78, 5) is 22.4. The van der Waals surface area contributed by atoms with E-state index in [4.69, 9.17) is 33.1 Å². The number of aromatic nitrogens is 2. The number of carbonyl (C=O) groups excluding carboxylic acids is 1. The molecule has 1 aliphatic rings. The molecule has 0 aliphatic carbocycles. The third kappa shape index (κ3) is 6.68. The Hall–Kier alpha value is -3.95. The average Bonchev–Trinajstić information content (AvgIpc) is 3.45. The predicted molar refractivity (Wildman–Crippen MR) is 149 cm³/mol. The summed E-state index contributed by atoms with van der Waals surface area (Å²) >= 11 is 0. The van der Waals surface area contributed by atoms with Crippen molar-refractivity contribution in [2.45, 2.75) is 37.6 Å². The summed E-state index contributed by atoms with van der Waals surface area (Å²) in [6, 6.07) is 11.3. The van der Waals surface area contributed by atoms with Crippen LogP contribution in [0.4, 0.5) is 6.01 Å². The van der Waals surface area contributed by atoms with Gasteiger partial charge >= 0.3 is 18.9 Å². The van der Waals surface area contributed by atoms with Gasteiger partial charge in [-0.3, -0.25) is 4.98 Å². The minimum Gasteiger partial charge on any atom is -0.547 e. The van der Waals surface area contributed by atoms with Crippen molar-refractivity contribution in [1.82, 2.24) is 9.97 Å². The van der Waals surface area contributed by atoms with E-state index in [-0.39, 0.29) is 44.3 Å². The van der Waals surface area contributed by atoms with Gasteiger partial charge in [0.2, 0.25) is 0 Å². The third-order valence-electron chi connectivity index (χ3n) is 7.39. The molecule has 13 heteroatoms. The zero-order valence-electron chi connectivity index (χ0n) is 24.8. The molecule has 2 unspecified atom stereocenters. The number of methoxy groups -OCH3 is 4. The Balaban J connectivity index is 0.00000423. The molecule has 0 radical (unpaired) electrons. The average molecular weight is 586 g/mol. The van der Waals surface area contributed by atoms with Crippen molar-refractivity contribution in [1.29, 1.82) is 0 Å². The van der Waals surface area contributed by atoms with Crippen LogP contribution in [0.5, 0.6) is 23.0 Å². The molecule has 0 bridgehead atoms. The van der Waals surface area contributed by atoms with Gasteiger partial charge in [0.15, 0.2) is 5.58 Å². The quantitative estimate of drug-likeness (QED) is 0.228. The topological polar surface area (TPSA) is 149 Å². The van der Waals surface area contributed by atoms with Crippen molar-refractivity contribution in [2.24, 2.45) is 0 Å². The first-order valence-corrected chi connectivity index (χ1v) is 13.2. The Labute approximate surface area is 260 Å². The van der Waals surface area contributed by atoms with Gasteiger partial charge in [0.1, 0.15) is 28.5 Å². The molecular weight excluding hydrogens is 553 g/mol. The molecule has 1 aliphatic heterocycles. The van der Waals surface area contributed by atoms with Crippen molar-refractivity contribution in [3.8, 4) is 23.0 Å². The van der Waals surface area contributed by atoms with Crippen LogP contribution in [-0.2, 0) is 28.2 Å². The van der Waals surface area contributed by atoms with Crippen LogP contribution in [0.3, 0.4) is 0 Å². The second-order valence-electron chi connectivity index (χ2n) is 9.91. The number of rotatable bonds is 11. The van der Waals surface area contributed by atoms with Crippen LogP contribution in [0.15, 0.2) is 53.2 Å². The third-order valence-corrected chi connectivity index (χ3v) is 7.39. The van der Waals surface area contributed by atoms with E-state index in [9.17, 15) is 15.0 Å². The number of pyridine rings is 1. The van der Waals surface area contributed by atoms with E-state index >= 15 is 0 Å². The number of carbonyl (C=O) groups is 1. The number of hydrogen-bond donors (Lipinski definition) is 1. The van der Waals surface area contributed by atoms with Crippen LogP contribution >= 0.6 is 0 Å². The number of ether oxygens (including phenoxy) is 5. The van der Waals surface area contributed by atoms with Gasteiger partial charge in [-0.05, 0) is 24.3 Å². The molecule has 3 heterocycles. The van der Waals surface area contributed by atoms with Gasteiger partial charge < -0.3 is 48.0 Å². The summed E-state index contributed by atoms with van der Waals surface area (Å²) in [5, 5.41) is 23.1. The first kappa shape index (κ1) is 32.0. The number of carboxylic acid groups (broad SMARTS) is 1. The fourth-order valence-corrected chi connectivity index (χ4v) is 5.11. The van der Waals surface area contributed by atoms with Gasteiger partial charge in [-0.1, -0.05) is 0 Å². The molecule has 0 spiro atoms. The van der Waals surface area contributed by atoms with Crippen LogP contribution < -0.4 is 47.8 Å². The summed E-state index contributed by atoms with van der Waals surface area (Å²) in [6.45, 7) is 0.679. The van der Waals surface area contributed by atoms with Gasteiger partial charge in [-0.2, -0.15) is 4.98 Å². The minimum atomic E-state index is -1.56. The molecule has 0 amide bonds. The number of hydrogen-bond acceptors (Lipinski definition) is 12. The van der Waals surface area contributed by atoms with Crippen LogP contribution in [0.2, 0.25) is 0 Å². The molecular formula is C30H32LiN3O9. The zero-order chi connectivity index (χ0) is 29.9. The standard InChI is InChI=1S/C30H33N3O9.Li/c1-37-20-7-5-18(24(11-20)39-3)16-33(17-19-6-8-21(38-2)12-25(19)40-4)29-32-23-15-31-14-22(27(23)42-29)30(36)9-10-41-26(13-30)28(34)35;/h5-8,11-12,14-15,26,36H,9-10,13,16-17H2,1-4H3,(H,34,35);/q;+1/p-1. The van der Waals surface area contributed by atoms with Crippen LogP contribution in [0, 0.1) is 0 Å². The van der Waals surface area contributed by atoms with Crippen molar-refractivity contribution in [3.05, 3.63) is 65.5 Å². The normalized spacial score (nSPS) is 18.0. The van der Waals surface area contributed by atoms with Crippen molar-refractivity contribution in [3.63, 3.8) is 0 Å². The molecule has 1 saturated heterocycles. The van der Waals surface area contributed by atoms with E-state index in [1.165, 1.54) is 12.4 Å². The van der Waals surface area contributed by atoms with Gasteiger partial charge in [0, 0.05) is 47.9 Å². The summed E-state index contributed by atoms with van der Waals surface area (Å²) in [5.74, 6) is 1.14. The molecule has 2 atom stereocenters. The molecule has 2 aromatic carbocycles. The Morgan fingerprint density at radius 3 is 2.14 bits per heavy atom. The van der Waals surface area contributed by atoms with Crippen LogP contribution in [-0.4, -0.2) is 62.2 Å². The van der Waals surface area contributed by atoms with Gasteiger partial charge in [-0.15, -0.1) is 0 Å². The fraction of sp³-hybridized carbons (Fsp3) is 0.367. The SMILES string of the molecule is COc1ccc(CN(Cc2ccc(OC)cc2OC)c2nc3cncc(C4(O)CCOC(C(=O)[O-])C4)c3o2)c(OC)c1.[Li+]. The first-order chi connectivity index (χ1) is 20.3. The number of carboxylic acids is 1. The Kier molecular flexibility index (Phi) is 10.1. The number of benzene rings is 2. The van der Waals surface area contributed by atoms with Crippen molar-refractivity contribution < 1.29 is 62.0 Å².